The number of hydrazine groups is 1. The van der Waals surface area contributed by atoms with Crippen LogP contribution in [0.4, 0.5) is 11.4 Å². The minimum absolute atomic E-state index is 0.349. The number of piperidine rings is 1. The largest absolute Gasteiger partial charge is 0.381 e. The smallest absolute Gasteiger partial charge is 0.316 e. The lowest BCUT2D eigenvalue weighted by Gasteiger charge is -2.34. The lowest BCUT2D eigenvalue weighted by molar-refractivity contribution is 0.208. The molecule has 10 heteroatoms. The van der Waals surface area contributed by atoms with Crippen molar-refractivity contribution in [2.24, 2.45) is 5.84 Å². The molecule has 31 heavy (non-hydrogen) atoms. The van der Waals surface area contributed by atoms with E-state index in [0.717, 1.165) is 63.3 Å². The van der Waals surface area contributed by atoms with Gasteiger partial charge in [0.15, 0.2) is 0 Å². The van der Waals surface area contributed by atoms with Crippen LogP contribution in [-0.4, -0.2) is 61.0 Å². The Kier molecular flexibility index (Phi) is 6.15. The second kappa shape index (κ2) is 8.83. The third kappa shape index (κ3) is 4.82. The number of hydrogen-bond acceptors (Lipinski definition) is 6. The topological polar surface area (TPSA) is 111 Å². The Labute approximate surface area is 183 Å². The standard InChI is InChI=1S/C21H29N7O2S/c1-26(2)31(29,30)28(22)20-7-3-5-16(11-20)14-27-10-4-6-19(15-27)24-18-8-9-21-17(12-18)13-23-25-21/h3,5,7-9,11-13,19,24H,4,6,10,14-15,22H2,1-2H3,(H,23,25)/t19-/m0/s1. The average molecular weight is 444 g/mol. The Morgan fingerprint density at radius 2 is 2.10 bits per heavy atom. The molecule has 1 fully saturated rings. The van der Waals surface area contributed by atoms with E-state index in [1.807, 2.05) is 30.5 Å². The number of H-pyrrole nitrogens is 1. The van der Waals surface area contributed by atoms with Crippen molar-refractivity contribution in [2.75, 3.05) is 36.9 Å². The maximum Gasteiger partial charge on any atom is 0.316 e. The van der Waals surface area contributed by atoms with Gasteiger partial charge in [-0.15, -0.1) is 0 Å². The molecule has 0 radical (unpaired) electrons. The number of benzene rings is 2. The zero-order valence-corrected chi connectivity index (χ0v) is 18.6. The van der Waals surface area contributed by atoms with Gasteiger partial charge in [-0.25, -0.2) is 5.84 Å². The molecule has 2 aromatic carbocycles. The summed E-state index contributed by atoms with van der Waals surface area (Å²) in [6.07, 6.45) is 4.04. The Hall–Kier alpha value is -2.66. The second-order valence-electron chi connectivity index (χ2n) is 8.15. The summed E-state index contributed by atoms with van der Waals surface area (Å²) in [5.41, 5.74) is 3.60. The van der Waals surface area contributed by atoms with Crippen molar-refractivity contribution in [3.8, 4) is 0 Å². The van der Waals surface area contributed by atoms with Gasteiger partial charge >= 0.3 is 10.2 Å². The minimum atomic E-state index is -3.72. The number of rotatable bonds is 7. The number of aromatic amines is 1. The molecule has 0 amide bonds. The first-order valence-corrected chi connectivity index (χ1v) is 11.7. The summed E-state index contributed by atoms with van der Waals surface area (Å²) in [6, 6.07) is 14.0. The van der Waals surface area contributed by atoms with E-state index in [2.05, 4.69) is 32.5 Å². The van der Waals surface area contributed by atoms with Gasteiger partial charge in [-0.05, 0) is 55.3 Å². The fourth-order valence-electron chi connectivity index (χ4n) is 3.94. The first-order chi connectivity index (χ1) is 14.8. The number of fused-ring (bicyclic) bond motifs is 1. The molecular weight excluding hydrogens is 414 g/mol. The van der Waals surface area contributed by atoms with E-state index in [9.17, 15) is 8.42 Å². The van der Waals surface area contributed by atoms with Crippen LogP contribution in [0.2, 0.25) is 0 Å². The van der Waals surface area contributed by atoms with Crippen LogP contribution in [0.15, 0.2) is 48.7 Å². The van der Waals surface area contributed by atoms with E-state index >= 15 is 0 Å². The number of aromatic nitrogens is 2. The van der Waals surface area contributed by atoms with Crippen LogP contribution in [-0.2, 0) is 16.8 Å². The third-order valence-corrected chi connectivity index (χ3v) is 7.23. The maximum atomic E-state index is 12.3. The molecule has 1 atom stereocenters. The predicted octanol–water partition coefficient (Wildman–Crippen LogP) is 2.13. The molecule has 0 unspecified atom stereocenters. The van der Waals surface area contributed by atoms with Crippen molar-refractivity contribution in [1.29, 1.82) is 0 Å². The molecule has 1 saturated heterocycles. The van der Waals surface area contributed by atoms with E-state index in [1.165, 1.54) is 14.1 Å². The van der Waals surface area contributed by atoms with Gasteiger partial charge in [0.25, 0.3) is 0 Å². The van der Waals surface area contributed by atoms with Crippen molar-refractivity contribution < 1.29 is 8.42 Å². The van der Waals surface area contributed by atoms with Crippen LogP contribution in [0.3, 0.4) is 0 Å². The van der Waals surface area contributed by atoms with E-state index in [1.54, 1.807) is 6.07 Å². The van der Waals surface area contributed by atoms with Crippen LogP contribution in [0.25, 0.3) is 10.9 Å². The van der Waals surface area contributed by atoms with E-state index in [0.29, 0.717) is 11.7 Å². The van der Waals surface area contributed by atoms with E-state index in [-0.39, 0.29) is 0 Å². The van der Waals surface area contributed by atoms with Gasteiger partial charge in [0.1, 0.15) is 0 Å². The van der Waals surface area contributed by atoms with Crippen molar-refractivity contribution in [2.45, 2.75) is 25.4 Å². The fraction of sp³-hybridized carbons (Fsp3) is 0.381. The van der Waals surface area contributed by atoms with Gasteiger partial charge in [-0.1, -0.05) is 12.1 Å². The molecule has 1 aliphatic rings. The van der Waals surface area contributed by atoms with Gasteiger partial charge in [0.2, 0.25) is 0 Å². The quantitative estimate of drug-likeness (QED) is 0.381. The summed E-state index contributed by atoms with van der Waals surface area (Å²) >= 11 is 0. The lowest BCUT2D eigenvalue weighted by Crippen LogP contribution is -2.45. The summed E-state index contributed by atoms with van der Waals surface area (Å²) in [6.45, 7) is 2.66. The number of likely N-dealkylation sites (tertiary alicyclic amines) is 1. The highest BCUT2D eigenvalue weighted by Gasteiger charge is 2.23. The zero-order chi connectivity index (χ0) is 22.0. The molecule has 2 heterocycles. The van der Waals surface area contributed by atoms with Crippen molar-refractivity contribution >= 4 is 32.5 Å². The number of hydrogen-bond donors (Lipinski definition) is 3. The van der Waals surface area contributed by atoms with Gasteiger partial charge in [-0.2, -0.15) is 22.2 Å². The SMILES string of the molecule is CN(C)S(=O)(=O)N(N)c1cccc(CN2CCC[C@H](Nc3ccc4[nH]ncc4c3)C2)c1. The summed E-state index contributed by atoms with van der Waals surface area (Å²) in [5.74, 6) is 5.89. The molecule has 1 aromatic heterocycles. The Morgan fingerprint density at radius 1 is 1.26 bits per heavy atom. The Balaban J connectivity index is 1.41. The van der Waals surface area contributed by atoms with Crippen LogP contribution < -0.4 is 15.6 Å². The highest BCUT2D eigenvalue weighted by atomic mass is 32.2. The first kappa shape index (κ1) is 21.6. The molecule has 0 aliphatic carbocycles. The van der Waals surface area contributed by atoms with Crippen LogP contribution in [0, 0.1) is 0 Å². The van der Waals surface area contributed by atoms with Crippen LogP contribution in [0.5, 0.6) is 0 Å². The van der Waals surface area contributed by atoms with Crippen LogP contribution >= 0.6 is 0 Å². The molecule has 3 aromatic rings. The molecular formula is C21H29N7O2S. The molecule has 4 N–H and O–H groups in total. The van der Waals surface area contributed by atoms with Gasteiger partial charge in [0, 0.05) is 44.3 Å². The zero-order valence-electron chi connectivity index (χ0n) is 17.8. The molecule has 4 rings (SSSR count). The van der Waals surface area contributed by atoms with Gasteiger partial charge < -0.3 is 5.32 Å². The average Bonchev–Trinajstić information content (AvgIpc) is 3.21. The fourth-order valence-corrected chi connectivity index (χ4v) is 4.68. The van der Waals surface area contributed by atoms with E-state index in [4.69, 9.17) is 5.84 Å². The maximum absolute atomic E-state index is 12.3. The normalized spacial score (nSPS) is 17.9. The number of nitrogens with zero attached hydrogens (tertiary/aromatic N) is 4. The van der Waals surface area contributed by atoms with E-state index < -0.39 is 10.2 Å². The number of nitrogens with two attached hydrogens (primary N) is 1. The summed E-state index contributed by atoms with van der Waals surface area (Å²) in [7, 11) is -0.795. The third-order valence-electron chi connectivity index (χ3n) is 5.60. The minimum Gasteiger partial charge on any atom is -0.381 e. The van der Waals surface area contributed by atoms with Crippen LogP contribution in [0.1, 0.15) is 18.4 Å². The molecule has 0 spiro atoms. The van der Waals surface area contributed by atoms with Crippen molar-refractivity contribution in [3.05, 3.63) is 54.2 Å². The molecule has 0 bridgehead atoms. The number of anilines is 2. The summed E-state index contributed by atoms with van der Waals surface area (Å²) in [4.78, 5) is 2.39. The number of nitrogens with one attached hydrogen (secondary N) is 2. The second-order valence-corrected chi connectivity index (χ2v) is 10.2. The lowest BCUT2D eigenvalue weighted by atomic mass is 10.0. The summed E-state index contributed by atoms with van der Waals surface area (Å²) in [5, 5.41) is 11.8. The van der Waals surface area contributed by atoms with Crippen molar-refractivity contribution in [1.82, 2.24) is 19.4 Å². The highest BCUT2D eigenvalue weighted by Crippen LogP contribution is 2.23. The molecule has 9 nitrogen and oxygen atoms in total. The predicted molar refractivity (Wildman–Crippen MR) is 124 cm³/mol. The summed E-state index contributed by atoms with van der Waals surface area (Å²) < 4.78 is 26.6. The monoisotopic (exact) mass is 443 g/mol. The molecule has 166 valence electrons. The first-order valence-electron chi connectivity index (χ1n) is 10.3. The highest BCUT2D eigenvalue weighted by molar-refractivity contribution is 7.90. The molecule has 0 saturated carbocycles. The van der Waals surface area contributed by atoms with Crippen molar-refractivity contribution in [3.63, 3.8) is 0 Å². The Bertz CT molecular complexity index is 1150. The Morgan fingerprint density at radius 3 is 2.90 bits per heavy atom. The van der Waals surface area contributed by atoms with Gasteiger partial charge in [0.05, 0.1) is 17.4 Å². The molecule has 1 aliphatic heterocycles. The van der Waals surface area contributed by atoms with Gasteiger partial charge in [-0.3, -0.25) is 10.00 Å².